The van der Waals surface area contributed by atoms with Gasteiger partial charge in [0.1, 0.15) is 0 Å². The summed E-state index contributed by atoms with van der Waals surface area (Å²) in [7, 11) is -3.39. The van der Waals surface area contributed by atoms with E-state index in [1.807, 2.05) is 5.38 Å². The maximum absolute atomic E-state index is 12.6. The number of hydrogen-bond donors (Lipinski definition) is 1. The van der Waals surface area contributed by atoms with Crippen LogP contribution in [0.25, 0.3) is 0 Å². The number of nitrogens with zero attached hydrogens (tertiary/aromatic N) is 2. The van der Waals surface area contributed by atoms with E-state index in [4.69, 9.17) is 0 Å². The Bertz CT molecular complexity index is 556. The summed E-state index contributed by atoms with van der Waals surface area (Å²) in [5.41, 5.74) is 1.19. The number of piperidine rings is 1. The lowest BCUT2D eigenvalue weighted by molar-refractivity contribution is 0.217. The maximum atomic E-state index is 12.6. The van der Waals surface area contributed by atoms with Crippen LogP contribution >= 0.6 is 11.3 Å². The Morgan fingerprint density at radius 2 is 2.17 bits per heavy atom. The van der Waals surface area contributed by atoms with Gasteiger partial charge in [-0.2, -0.15) is 24.1 Å². The number of hydrogen-bond acceptors (Lipinski definition) is 4. The van der Waals surface area contributed by atoms with Crippen molar-refractivity contribution in [3.05, 3.63) is 22.4 Å². The summed E-state index contributed by atoms with van der Waals surface area (Å²) in [4.78, 5) is 2.30. The highest BCUT2D eigenvalue weighted by Crippen LogP contribution is 2.23. The quantitative estimate of drug-likeness (QED) is 0.776. The fourth-order valence-electron chi connectivity index (χ4n) is 3.23. The predicted molar refractivity (Wildman–Crippen MR) is 96.9 cm³/mol. The van der Waals surface area contributed by atoms with Crippen molar-refractivity contribution >= 4 is 21.5 Å². The summed E-state index contributed by atoms with van der Waals surface area (Å²) in [5.74, 6) is 0.441. The van der Waals surface area contributed by atoms with E-state index in [1.165, 1.54) is 5.56 Å². The standard InChI is InChI=1S/C16H29N3O2S2/c1-4-18(5-2)16(15-8-10-22-13-15)11-17-23(20,21)19-9-6-7-14(3)12-19/h8,10,13-14,16-17H,4-7,9,11-12H2,1-3H3/t14-,16+/m0/s1. The highest BCUT2D eigenvalue weighted by molar-refractivity contribution is 7.87. The molecule has 2 atom stereocenters. The van der Waals surface area contributed by atoms with E-state index in [0.29, 0.717) is 25.6 Å². The van der Waals surface area contributed by atoms with Crippen LogP contribution in [0.5, 0.6) is 0 Å². The first kappa shape index (κ1) is 18.9. The van der Waals surface area contributed by atoms with E-state index < -0.39 is 10.2 Å². The van der Waals surface area contributed by atoms with Crippen molar-refractivity contribution in [2.45, 2.75) is 39.7 Å². The van der Waals surface area contributed by atoms with Crippen LogP contribution in [0, 0.1) is 5.92 Å². The second-order valence-electron chi connectivity index (χ2n) is 6.25. The first-order valence-electron chi connectivity index (χ1n) is 8.48. The molecule has 0 amide bonds. The third-order valence-corrected chi connectivity index (χ3v) is 6.84. The van der Waals surface area contributed by atoms with Gasteiger partial charge in [0, 0.05) is 25.7 Å². The van der Waals surface area contributed by atoms with Crippen LogP contribution in [0.2, 0.25) is 0 Å². The largest absolute Gasteiger partial charge is 0.296 e. The van der Waals surface area contributed by atoms with Crippen molar-refractivity contribution in [1.29, 1.82) is 0 Å². The number of rotatable bonds is 8. The zero-order valence-corrected chi connectivity index (χ0v) is 16.0. The van der Waals surface area contributed by atoms with Gasteiger partial charge in [-0.1, -0.05) is 20.8 Å². The minimum absolute atomic E-state index is 0.0910. The predicted octanol–water partition coefficient (Wildman–Crippen LogP) is 2.70. The van der Waals surface area contributed by atoms with E-state index in [2.05, 4.69) is 41.8 Å². The summed E-state index contributed by atoms with van der Waals surface area (Å²) in [6.07, 6.45) is 2.06. The van der Waals surface area contributed by atoms with Crippen LogP contribution in [0.4, 0.5) is 0 Å². The number of likely N-dealkylation sites (N-methyl/N-ethyl adjacent to an activating group) is 1. The molecule has 2 heterocycles. The average molecular weight is 360 g/mol. The molecule has 1 fully saturated rings. The SMILES string of the molecule is CCN(CC)[C@H](CNS(=O)(=O)N1CCC[C@H](C)C1)c1ccsc1. The molecule has 0 unspecified atom stereocenters. The van der Waals surface area contributed by atoms with Gasteiger partial charge in [-0.25, -0.2) is 4.72 Å². The minimum Gasteiger partial charge on any atom is -0.296 e. The Morgan fingerprint density at radius 3 is 2.74 bits per heavy atom. The van der Waals surface area contributed by atoms with Crippen LogP contribution in [0.1, 0.15) is 45.2 Å². The highest BCUT2D eigenvalue weighted by atomic mass is 32.2. The van der Waals surface area contributed by atoms with Gasteiger partial charge < -0.3 is 0 Å². The molecule has 1 saturated heterocycles. The van der Waals surface area contributed by atoms with Gasteiger partial charge in [0.2, 0.25) is 0 Å². The van der Waals surface area contributed by atoms with Crippen LogP contribution in [-0.4, -0.2) is 50.3 Å². The van der Waals surface area contributed by atoms with Crippen molar-refractivity contribution < 1.29 is 8.42 Å². The Hall–Kier alpha value is -0.470. The third kappa shape index (κ3) is 5.00. The monoisotopic (exact) mass is 359 g/mol. The summed E-state index contributed by atoms with van der Waals surface area (Å²) < 4.78 is 29.7. The molecule has 23 heavy (non-hydrogen) atoms. The van der Waals surface area contributed by atoms with Gasteiger partial charge in [-0.15, -0.1) is 0 Å². The smallest absolute Gasteiger partial charge is 0.279 e. The lowest BCUT2D eigenvalue weighted by Gasteiger charge is -2.33. The number of thiophene rings is 1. The van der Waals surface area contributed by atoms with Crippen molar-refractivity contribution in [2.24, 2.45) is 5.92 Å². The average Bonchev–Trinajstić information content (AvgIpc) is 3.05. The molecule has 132 valence electrons. The second-order valence-corrected chi connectivity index (χ2v) is 8.79. The van der Waals surface area contributed by atoms with Gasteiger partial charge in [0.05, 0.1) is 0 Å². The third-order valence-electron chi connectivity index (χ3n) is 4.60. The Morgan fingerprint density at radius 1 is 1.43 bits per heavy atom. The van der Waals surface area contributed by atoms with E-state index in [0.717, 1.165) is 25.9 Å². The van der Waals surface area contributed by atoms with E-state index >= 15 is 0 Å². The normalized spacial score (nSPS) is 21.7. The molecule has 1 aliphatic heterocycles. The van der Waals surface area contributed by atoms with Crippen LogP contribution in [-0.2, 0) is 10.2 Å². The first-order chi connectivity index (χ1) is 11.0. The van der Waals surface area contributed by atoms with E-state index in [1.54, 1.807) is 15.6 Å². The topological polar surface area (TPSA) is 52.7 Å². The van der Waals surface area contributed by atoms with Crippen molar-refractivity contribution in [1.82, 2.24) is 13.9 Å². The molecule has 5 nitrogen and oxygen atoms in total. The molecule has 1 aromatic rings. The van der Waals surface area contributed by atoms with Gasteiger partial charge >= 0.3 is 0 Å². The first-order valence-corrected chi connectivity index (χ1v) is 10.9. The molecule has 0 aliphatic carbocycles. The molecule has 0 spiro atoms. The lowest BCUT2D eigenvalue weighted by atomic mass is 10.0. The van der Waals surface area contributed by atoms with Gasteiger partial charge in [-0.05, 0) is 54.2 Å². The Balaban J connectivity index is 2.05. The fraction of sp³-hybridized carbons (Fsp3) is 0.750. The molecule has 0 saturated carbocycles. The zero-order chi connectivity index (χ0) is 16.9. The summed E-state index contributed by atoms with van der Waals surface area (Å²) in [6, 6.07) is 2.18. The molecule has 0 aromatic carbocycles. The molecule has 0 bridgehead atoms. The summed E-state index contributed by atoms with van der Waals surface area (Å²) in [6.45, 7) is 9.83. The van der Waals surface area contributed by atoms with Crippen molar-refractivity contribution in [3.8, 4) is 0 Å². The van der Waals surface area contributed by atoms with E-state index in [9.17, 15) is 8.42 Å². The summed E-state index contributed by atoms with van der Waals surface area (Å²) >= 11 is 1.65. The molecule has 7 heteroatoms. The highest BCUT2D eigenvalue weighted by Gasteiger charge is 2.28. The molecule has 1 N–H and O–H groups in total. The molecule has 1 aromatic heterocycles. The molecule has 0 radical (unpaired) electrons. The van der Waals surface area contributed by atoms with E-state index in [-0.39, 0.29) is 6.04 Å². The Kier molecular flexibility index (Phi) is 7.03. The number of nitrogens with one attached hydrogen (secondary N) is 1. The van der Waals surface area contributed by atoms with Crippen molar-refractivity contribution in [2.75, 3.05) is 32.7 Å². The minimum atomic E-state index is -3.39. The zero-order valence-electron chi connectivity index (χ0n) is 14.4. The molecule has 1 aliphatic rings. The molecular formula is C16H29N3O2S2. The maximum Gasteiger partial charge on any atom is 0.279 e. The van der Waals surface area contributed by atoms with Crippen LogP contribution in [0.3, 0.4) is 0 Å². The second kappa shape index (κ2) is 8.58. The molecular weight excluding hydrogens is 330 g/mol. The lowest BCUT2D eigenvalue weighted by Crippen LogP contribution is -2.47. The fourth-order valence-corrected chi connectivity index (χ4v) is 5.31. The van der Waals surface area contributed by atoms with Crippen molar-refractivity contribution in [3.63, 3.8) is 0 Å². The summed E-state index contributed by atoms with van der Waals surface area (Å²) in [5, 5.41) is 4.16. The van der Waals surface area contributed by atoms with Gasteiger partial charge in [0.15, 0.2) is 0 Å². The molecule has 2 rings (SSSR count). The Labute approximate surface area is 144 Å². The van der Waals surface area contributed by atoms with Crippen LogP contribution < -0.4 is 4.72 Å². The van der Waals surface area contributed by atoms with Crippen LogP contribution in [0.15, 0.2) is 16.8 Å². The van der Waals surface area contributed by atoms with Gasteiger partial charge in [0.25, 0.3) is 10.2 Å². The van der Waals surface area contributed by atoms with Gasteiger partial charge in [-0.3, -0.25) is 4.90 Å².